The lowest BCUT2D eigenvalue weighted by atomic mass is 10.1. The second-order valence-corrected chi connectivity index (χ2v) is 5.15. The van der Waals surface area contributed by atoms with E-state index in [1.807, 2.05) is 31.2 Å². The zero-order chi connectivity index (χ0) is 16.4. The van der Waals surface area contributed by atoms with Gasteiger partial charge in [-0.1, -0.05) is 11.6 Å². The molecular weight excluding hydrogens is 294 g/mol. The molecule has 0 aliphatic heterocycles. The fraction of sp³-hybridized carbons (Fsp3) is 0.111. The summed E-state index contributed by atoms with van der Waals surface area (Å²) in [7, 11) is 1.59. The molecule has 116 valence electrons. The van der Waals surface area contributed by atoms with Crippen molar-refractivity contribution in [2.24, 2.45) is 0 Å². The predicted octanol–water partition coefficient (Wildman–Crippen LogP) is 3.67. The number of anilines is 2. The van der Waals surface area contributed by atoms with Crippen LogP contribution in [0.2, 0.25) is 0 Å². The van der Waals surface area contributed by atoms with Crippen LogP contribution in [0.4, 0.5) is 11.4 Å². The third-order valence-corrected chi connectivity index (χ3v) is 3.57. The first kappa shape index (κ1) is 14.8. The lowest BCUT2D eigenvalue weighted by Gasteiger charge is -2.12. The lowest BCUT2D eigenvalue weighted by Crippen LogP contribution is -2.10. The van der Waals surface area contributed by atoms with E-state index in [1.165, 1.54) is 0 Å². The number of fused-ring (bicyclic) bond motifs is 1. The van der Waals surface area contributed by atoms with E-state index in [0.29, 0.717) is 22.9 Å². The molecular formula is C18H15NO4. The van der Waals surface area contributed by atoms with E-state index >= 15 is 0 Å². The molecule has 0 aliphatic rings. The van der Waals surface area contributed by atoms with Gasteiger partial charge in [0.25, 0.3) is 0 Å². The van der Waals surface area contributed by atoms with Crippen LogP contribution in [0.15, 0.2) is 51.7 Å². The highest BCUT2D eigenvalue weighted by Crippen LogP contribution is 2.29. The van der Waals surface area contributed by atoms with Crippen LogP contribution in [0.1, 0.15) is 15.9 Å². The monoisotopic (exact) mass is 309 g/mol. The molecule has 0 aliphatic carbocycles. The Labute approximate surface area is 132 Å². The normalized spacial score (nSPS) is 10.5. The number of ether oxygens (including phenoxy) is 1. The summed E-state index contributed by atoms with van der Waals surface area (Å²) in [5.41, 5.74) is 1.93. The second-order valence-electron chi connectivity index (χ2n) is 5.15. The highest BCUT2D eigenvalue weighted by atomic mass is 16.5. The summed E-state index contributed by atoms with van der Waals surface area (Å²) < 4.78 is 10.3. The minimum Gasteiger partial charge on any atom is -0.497 e. The number of rotatable bonds is 4. The van der Waals surface area contributed by atoms with Crippen molar-refractivity contribution >= 4 is 28.6 Å². The van der Waals surface area contributed by atoms with Gasteiger partial charge in [-0.3, -0.25) is 4.79 Å². The molecule has 3 rings (SSSR count). The van der Waals surface area contributed by atoms with Gasteiger partial charge in [0.1, 0.15) is 16.9 Å². The van der Waals surface area contributed by atoms with Gasteiger partial charge in [-0.15, -0.1) is 0 Å². The largest absolute Gasteiger partial charge is 0.497 e. The van der Waals surface area contributed by atoms with Crippen LogP contribution < -0.4 is 15.7 Å². The Kier molecular flexibility index (Phi) is 3.85. The topological polar surface area (TPSA) is 68.5 Å². The smallest absolute Gasteiger partial charge is 0.349 e. The average molecular weight is 309 g/mol. The number of carbonyl (C=O) groups excluding carboxylic acids is 1. The quantitative estimate of drug-likeness (QED) is 0.588. The Morgan fingerprint density at radius 1 is 1.13 bits per heavy atom. The molecule has 23 heavy (non-hydrogen) atoms. The molecule has 5 nitrogen and oxygen atoms in total. The van der Waals surface area contributed by atoms with E-state index in [2.05, 4.69) is 5.32 Å². The van der Waals surface area contributed by atoms with Gasteiger partial charge >= 0.3 is 5.63 Å². The minimum atomic E-state index is -0.660. The first-order valence-corrected chi connectivity index (χ1v) is 7.06. The van der Waals surface area contributed by atoms with Crippen LogP contribution >= 0.6 is 0 Å². The van der Waals surface area contributed by atoms with E-state index in [-0.39, 0.29) is 5.56 Å². The Hall–Kier alpha value is -3.08. The highest BCUT2D eigenvalue weighted by molar-refractivity contribution is 6.00. The summed E-state index contributed by atoms with van der Waals surface area (Å²) in [5.74, 6) is 0.722. The van der Waals surface area contributed by atoms with Gasteiger partial charge in [-0.25, -0.2) is 4.79 Å². The Balaban J connectivity index is 2.18. The number of aldehydes is 1. The van der Waals surface area contributed by atoms with Crippen LogP contribution in [0, 0.1) is 6.92 Å². The first-order chi connectivity index (χ1) is 11.1. The van der Waals surface area contributed by atoms with Crippen molar-refractivity contribution in [3.8, 4) is 5.75 Å². The van der Waals surface area contributed by atoms with Gasteiger partial charge in [-0.2, -0.15) is 0 Å². The number of nitrogens with one attached hydrogen (secondary N) is 1. The SMILES string of the molecule is COc1ccc(Nc2c(C=O)c(=O)oc3ccc(C)cc23)cc1. The summed E-state index contributed by atoms with van der Waals surface area (Å²) >= 11 is 0. The van der Waals surface area contributed by atoms with Crippen LogP contribution in [0.25, 0.3) is 11.0 Å². The maximum Gasteiger partial charge on any atom is 0.349 e. The molecule has 0 atom stereocenters. The van der Waals surface area contributed by atoms with Crippen molar-refractivity contribution in [2.45, 2.75) is 6.92 Å². The van der Waals surface area contributed by atoms with E-state index in [1.54, 1.807) is 25.3 Å². The zero-order valence-corrected chi connectivity index (χ0v) is 12.8. The minimum absolute atomic E-state index is 0.0288. The molecule has 0 spiro atoms. The molecule has 0 fully saturated rings. The number of hydrogen-bond acceptors (Lipinski definition) is 5. The predicted molar refractivity (Wildman–Crippen MR) is 88.9 cm³/mol. The van der Waals surface area contributed by atoms with Gasteiger partial charge in [-0.05, 0) is 43.3 Å². The summed E-state index contributed by atoms with van der Waals surface area (Å²) in [6, 6.07) is 12.6. The second kappa shape index (κ2) is 5.96. The molecule has 0 bridgehead atoms. The molecule has 0 saturated heterocycles. The molecule has 0 radical (unpaired) electrons. The molecule has 0 saturated carbocycles. The third-order valence-electron chi connectivity index (χ3n) is 3.57. The zero-order valence-electron chi connectivity index (χ0n) is 12.8. The summed E-state index contributed by atoms with van der Waals surface area (Å²) in [4.78, 5) is 23.4. The van der Waals surface area contributed by atoms with E-state index in [0.717, 1.165) is 17.0 Å². The molecule has 3 aromatic rings. The lowest BCUT2D eigenvalue weighted by molar-refractivity contribution is 0.112. The van der Waals surface area contributed by atoms with Crippen LogP contribution in [0.5, 0.6) is 5.75 Å². The van der Waals surface area contributed by atoms with Crippen molar-refractivity contribution in [3.05, 3.63) is 64.0 Å². The number of carbonyl (C=O) groups is 1. The van der Waals surface area contributed by atoms with Crippen LogP contribution in [0.3, 0.4) is 0 Å². The van der Waals surface area contributed by atoms with Crippen molar-refractivity contribution in [3.63, 3.8) is 0 Å². The fourth-order valence-corrected chi connectivity index (χ4v) is 2.39. The average Bonchev–Trinajstić information content (AvgIpc) is 2.56. The van der Waals surface area contributed by atoms with Gasteiger partial charge in [0, 0.05) is 11.1 Å². The Bertz CT molecular complexity index is 926. The molecule has 2 aromatic carbocycles. The number of aryl methyl sites for hydroxylation is 1. The maximum atomic E-state index is 12.0. The first-order valence-electron chi connectivity index (χ1n) is 7.06. The summed E-state index contributed by atoms with van der Waals surface area (Å²) in [5, 5.41) is 3.82. The molecule has 1 aromatic heterocycles. The van der Waals surface area contributed by atoms with Crippen molar-refractivity contribution in [2.75, 3.05) is 12.4 Å². The van der Waals surface area contributed by atoms with Crippen molar-refractivity contribution < 1.29 is 13.9 Å². The standard InChI is InChI=1S/C18H15NO4/c1-11-3-8-16-14(9-11)17(15(10-20)18(21)23-16)19-12-4-6-13(22-2)7-5-12/h3-10,19H,1-2H3. The molecule has 1 heterocycles. The van der Waals surface area contributed by atoms with E-state index < -0.39 is 5.63 Å². The number of methoxy groups -OCH3 is 1. The van der Waals surface area contributed by atoms with E-state index in [4.69, 9.17) is 9.15 Å². The number of benzene rings is 2. The highest BCUT2D eigenvalue weighted by Gasteiger charge is 2.14. The van der Waals surface area contributed by atoms with Gasteiger partial charge in [0.2, 0.25) is 0 Å². The Morgan fingerprint density at radius 2 is 1.87 bits per heavy atom. The number of hydrogen-bond donors (Lipinski definition) is 1. The van der Waals surface area contributed by atoms with Gasteiger partial charge in [0.05, 0.1) is 12.8 Å². The molecule has 1 N–H and O–H groups in total. The molecule has 5 heteroatoms. The van der Waals surface area contributed by atoms with E-state index in [9.17, 15) is 9.59 Å². The van der Waals surface area contributed by atoms with Gasteiger partial charge < -0.3 is 14.5 Å². The Morgan fingerprint density at radius 3 is 2.52 bits per heavy atom. The summed E-state index contributed by atoms with van der Waals surface area (Å²) in [6.45, 7) is 1.93. The third kappa shape index (κ3) is 2.81. The molecule has 0 unspecified atom stereocenters. The maximum absolute atomic E-state index is 12.0. The molecule has 0 amide bonds. The van der Waals surface area contributed by atoms with Crippen LogP contribution in [-0.2, 0) is 0 Å². The van der Waals surface area contributed by atoms with Crippen molar-refractivity contribution in [1.29, 1.82) is 0 Å². The van der Waals surface area contributed by atoms with Gasteiger partial charge in [0.15, 0.2) is 6.29 Å². The van der Waals surface area contributed by atoms with Crippen LogP contribution in [-0.4, -0.2) is 13.4 Å². The van der Waals surface area contributed by atoms with Crippen molar-refractivity contribution in [1.82, 2.24) is 0 Å². The fourth-order valence-electron chi connectivity index (χ4n) is 2.39. The summed E-state index contributed by atoms with van der Waals surface area (Å²) in [6.07, 6.45) is 0.513.